The zero-order chi connectivity index (χ0) is 22.6. The number of nitrogens with one attached hydrogen (secondary N) is 1. The van der Waals surface area contributed by atoms with Crippen molar-refractivity contribution in [2.45, 2.75) is 65.1 Å². The maximum absolute atomic E-state index is 13.3. The van der Waals surface area contributed by atoms with E-state index in [-0.39, 0.29) is 36.2 Å². The van der Waals surface area contributed by atoms with Gasteiger partial charge >= 0.3 is 0 Å². The van der Waals surface area contributed by atoms with Crippen molar-refractivity contribution in [1.29, 1.82) is 0 Å². The maximum atomic E-state index is 13.3. The molecule has 1 saturated heterocycles. The van der Waals surface area contributed by atoms with Crippen LogP contribution < -0.4 is 10.2 Å². The van der Waals surface area contributed by atoms with Crippen molar-refractivity contribution in [2.24, 2.45) is 0 Å². The number of nitrogens with zero attached hydrogens (tertiary/aromatic N) is 4. The lowest BCUT2D eigenvalue weighted by Crippen LogP contribution is -2.62. The normalized spacial score (nSPS) is 20.7. The molecule has 0 bridgehead atoms. The molecule has 3 amide bonds. The second kappa shape index (κ2) is 7.21. The van der Waals surface area contributed by atoms with Gasteiger partial charge < -0.3 is 10.2 Å². The fourth-order valence-corrected chi connectivity index (χ4v) is 4.56. The van der Waals surface area contributed by atoms with Gasteiger partial charge in [0.05, 0.1) is 22.5 Å². The first-order chi connectivity index (χ1) is 14.5. The van der Waals surface area contributed by atoms with Crippen LogP contribution in [0.5, 0.6) is 0 Å². The second-order valence-electron chi connectivity index (χ2n) is 9.47. The van der Waals surface area contributed by atoms with Crippen molar-refractivity contribution in [3.8, 4) is 0 Å². The lowest BCUT2D eigenvalue weighted by molar-refractivity contribution is -0.117. The first-order valence-electron chi connectivity index (χ1n) is 10.6. The van der Waals surface area contributed by atoms with Gasteiger partial charge in [-0.05, 0) is 53.2 Å². The molecule has 2 aromatic rings. The summed E-state index contributed by atoms with van der Waals surface area (Å²) in [6.45, 7) is 10.1. The molecule has 8 heteroatoms. The number of hydrogen-bond acceptors (Lipinski definition) is 4. The fraction of sp³-hybridized carbons (Fsp3) is 0.478. The predicted molar refractivity (Wildman–Crippen MR) is 118 cm³/mol. The Morgan fingerprint density at radius 1 is 1.23 bits per heavy atom. The van der Waals surface area contributed by atoms with Crippen molar-refractivity contribution >= 4 is 29.2 Å². The number of fused-ring (bicyclic) bond motifs is 3. The number of aromatic nitrogens is 2. The predicted octanol–water partition coefficient (Wildman–Crippen LogP) is 3.27. The van der Waals surface area contributed by atoms with Gasteiger partial charge in [0.25, 0.3) is 5.91 Å². The zero-order valence-corrected chi connectivity index (χ0v) is 18.7. The third-order valence-electron chi connectivity index (χ3n) is 6.04. The summed E-state index contributed by atoms with van der Waals surface area (Å²) in [5, 5.41) is 7.41. The summed E-state index contributed by atoms with van der Waals surface area (Å²) >= 11 is 0. The minimum Gasteiger partial charge on any atom is -0.315 e. The minimum atomic E-state index is -0.757. The van der Waals surface area contributed by atoms with Crippen LogP contribution in [0.3, 0.4) is 0 Å². The largest absolute Gasteiger partial charge is 0.315 e. The molecule has 1 N–H and O–H groups in total. The van der Waals surface area contributed by atoms with Gasteiger partial charge in [0.2, 0.25) is 11.8 Å². The topological polar surface area (TPSA) is 87.5 Å². The molecule has 1 fully saturated rings. The van der Waals surface area contributed by atoms with Crippen LogP contribution in [-0.2, 0) is 15.1 Å². The first kappa shape index (κ1) is 21.1. The molecule has 2 aliphatic heterocycles. The van der Waals surface area contributed by atoms with E-state index in [0.717, 1.165) is 5.69 Å². The molecule has 0 radical (unpaired) electrons. The Morgan fingerprint density at radius 3 is 2.65 bits per heavy atom. The van der Waals surface area contributed by atoms with Gasteiger partial charge in [-0.25, -0.2) is 4.68 Å². The second-order valence-corrected chi connectivity index (χ2v) is 9.47. The first-order valence-corrected chi connectivity index (χ1v) is 10.6. The van der Waals surface area contributed by atoms with Crippen LogP contribution >= 0.6 is 0 Å². The molecule has 31 heavy (non-hydrogen) atoms. The number of rotatable bonds is 4. The van der Waals surface area contributed by atoms with Crippen molar-refractivity contribution < 1.29 is 14.4 Å². The molecular formula is C23H29N5O3. The average molecular weight is 424 g/mol. The Bertz CT molecular complexity index is 1070. The number of amides is 3. The molecule has 1 unspecified atom stereocenters. The van der Waals surface area contributed by atoms with Crippen LogP contribution in [0.2, 0.25) is 0 Å². The van der Waals surface area contributed by atoms with Crippen molar-refractivity contribution in [3.05, 3.63) is 41.6 Å². The molecule has 4 rings (SSSR count). The number of benzene rings is 1. The van der Waals surface area contributed by atoms with Crippen LogP contribution in [0.4, 0.5) is 11.5 Å². The van der Waals surface area contributed by atoms with Gasteiger partial charge in [0.15, 0.2) is 0 Å². The van der Waals surface area contributed by atoms with Crippen molar-refractivity contribution in [1.82, 2.24) is 14.7 Å². The molecule has 1 aromatic heterocycles. The van der Waals surface area contributed by atoms with Gasteiger partial charge in [0, 0.05) is 25.5 Å². The molecule has 0 saturated carbocycles. The van der Waals surface area contributed by atoms with Crippen LogP contribution in [0, 0.1) is 6.92 Å². The number of para-hydroxylation sites is 1. The Hall–Kier alpha value is -3.16. The third kappa shape index (κ3) is 3.49. The lowest BCUT2D eigenvalue weighted by atomic mass is 9.98. The van der Waals surface area contributed by atoms with E-state index in [1.54, 1.807) is 26.6 Å². The number of carbonyl (C=O) groups is 3. The van der Waals surface area contributed by atoms with Gasteiger partial charge in [-0.2, -0.15) is 5.10 Å². The van der Waals surface area contributed by atoms with Crippen molar-refractivity contribution in [3.63, 3.8) is 0 Å². The highest BCUT2D eigenvalue weighted by molar-refractivity contribution is 6.10. The lowest BCUT2D eigenvalue weighted by Gasteiger charge is -2.48. The highest BCUT2D eigenvalue weighted by Crippen LogP contribution is 2.44. The highest BCUT2D eigenvalue weighted by atomic mass is 16.2. The number of anilines is 2. The summed E-state index contributed by atoms with van der Waals surface area (Å²) in [7, 11) is 0. The van der Waals surface area contributed by atoms with Crippen molar-refractivity contribution in [2.75, 3.05) is 16.8 Å². The summed E-state index contributed by atoms with van der Waals surface area (Å²) in [6, 6.07) is 9.02. The van der Waals surface area contributed by atoms with Crippen LogP contribution in [-0.4, -0.2) is 44.6 Å². The van der Waals surface area contributed by atoms with Crippen LogP contribution in [0.1, 0.15) is 63.0 Å². The SMILES string of the molecule is Cc1cc(NC(=O)CCN2C(=O)c3ccccc3N3C(=O)CCC23C)n(C(C)(C)C)n1. The van der Waals surface area contributed by atoms with Crippen LogP contribution in [0.15, 0.2) is 30.3 Å². The molecule has 0 spiro atoms. The summed E-state index contributed by atoms with van der Waals surface area (Å²) in [6.07, 6.45) is 1.05. The van der Waals surface area contributed by atoms with E-state index < -0.39 is 5.66 Å². The highest BCUT2D eigenvalue weighted by Gasteiger charge is 2.52. The standard InChI is InChI=1S/C23H29N5O3/c1-15-14-18(28(25-15)22(2,3)4)24-19(29)11-13-26-21(31)16-8-6-7-9-17(16)27-20(30)10-12-23(26,27)5/h6-9,14H,10-13H2,1-5H3,(H,24,29). The van der Waals surface area contributed by atoms with E-state index in [2.05, 4.69) is 10.4 Å². The van der Waals surface area contributed by atoms with E-state index in [4.69, 9.17) is 0 Å². The summed E-state index contributed by atoms with van der Waals surface area (Å²) in [4.78, 5) is 42.1. The van der Waals surface area contributed by atoms with Gasteiger partial charge in [-0.3, -0.25) is 19.3 Å². The maximum Gasteiger partial charge on any atom is 0.257 e. The van der Waals surface area contributed by atoms with E-state index in [9.17, 15) is 14.4 Å². The monoisotopic (exact) mass is 423 g/mol. The van der Waals surface area contributed by atoms with E-state index in [0.29, 0.717) is 29.9 Å². The van der Waals surface area contributed by atoms with Gasteiger partial charge in [-0.1, -0.05) is 12.1 Å². The molecule has 0 aliphatic carbocycles. The molecule has 2 aliphatic rings. The van der Waals surface area contributed by atoms with E-state index in [1.807, 2.05) is 52.8 Å². The Balaban J connectivity index is 1.54. The number of hydrogen-bond donors (Lipinski definition) is 1. The Morgan fingerprint density at radius 2 is 1.94 bits per heavy atom. The summed E-state index contributed by atoms with van der Waals surface area (Å²) < 4.78 is 1.79. The molecule has 1 atom stereocenters. The van der Waals surface area contributed by atoms with Crippen LogP contribution in [0.25, 0.3) is 0 Å². The Kier molecular flexibility index (Phi) is 4.91. The molecule has 3 heterocycles. The quantitative estimate of drug-likeness (QED) is 0.818. The van der Waals surface area contributed by atoms with E-state index in [1.165, 1.54) is 0 Å². The molecule has 1 aromatic carbocycles. The molecule has 164 valence electrons. The molecule has 8 nitrogen and oxygen atoms in total. The summed E-state index contributed by atoms with van der Waals surface area (Å²) in [5.41, 5.74) is 0.939. The van der Waals surface area contributed by atoms with E-state index >= 15 is 0 Å². The Labute approximate surface area is 182 Å². The smallest absolute Gasteiger partial charge is 0.257 e. The summed E-state index contributed by atoms with van der Waals surface area (Å²) in [5.74, 6) is 0.291. The zero-order valence-electron chi connectivity index (χ0n) is 18.7. The fourth-order valence-electron chi connectivity index (χ4n) is 4.56. The molecular weight excluding hydrogens is 394 g/mol. The average Bonchev–Trinajstić information content (AvgIpc) is 3.21. The minimum absolute atomic E-state index is 0.00135. The number of aryl methyl sites for hydroxylation is 1. The van der Waals surface area contributed by atoms with Gasteiger partial charge in [0.1, 0.15) is 11.5 Å². The van der Waals surface area contributed by atoms with Gasteiger partial charge in [-0.15, -0.1) is 0 Å². The number of carbonyl (C=O) groups excluding carboxylic acids is 3. The third-order valence-corrected chi connectivity index (χ3v) is 6.04.